The summed E-state index contributed by atoms with van der Waals surface area (Å²) in [6.07, 6.45) is 7.37. The molecular weight excluding hydrogens is 456 g/mol. The number of nitrogens with zero attached hydrogens (tertiary/aromatic N) is 2. The predicted octanol–water partition coefficient (Wildman–Crippen LogP) is 5.46. The third-order valence-corrected chi connectivity index (χ3v) is 6.52. The van der Waals surface area contributed by atoms with Crippen molar-refractivity contribution >= 4 is 12.0 Å². The number of rotatable bonds is 13. The second kappa shape index (κ2) is 12.9. The summed E-state index contributed by atoms with van der Waals surface area (Å²) in [6, 6.07) is 14.0. The molecule has 2 atom stereocenters. The number of hydrogen-bond donors (Lipinski definition) is 2. The molecule has 7 heteroatoms. The van der Waals surface area contributed by atoms with Gasteiger partial charge in [0.05, 0.1) is 26.5 Å². The summed E-state index contributed by atoms with van der Waals surface area (Å²) < 4.78 is 12.8. The summed E-state index contributed by atoms with van der Waals surface area (Å²) in [4.78, 5) is 11.4. The zero-order valence-corrected chi connectivity index (χ0v) is 21.5. The molecule has 0 saturated heterocycles. The Morgan fingerprint density at radius 2 is 1.81 bits per heavy atom. The fourth-order valence-corrected chi connectivity index (χ4v) is 4.42. The molecule has 36 heavy (non-hydrogen) atoms. The molecule has 1 unspecified atom stereocenters. The van der Waals surface area contributed by atoms with Crippen molar-refractivity contribution in [3.05, 3.63) is 82.7 Å². The topological polar surface area (TPSA) is 93.8 Å². The minimum Gasteiger partial charge on any atom is -0.496 e. The number of aliphatic hydroxyl groups is 1. The first kappa shape index (κ1) is 27.0. The van der Waals surface area contributed by atoms with E-state index in [1.165, 1.54) is 5.56 Å². The van der Waals surface area contributed by atoms with Crippen molar-refractivity contribution in [2.75, 3.05) is 14.2 Å². The highest BCUT2D eigenvalue weighted by molar-refractivity contribution is 5.91. The monoisotopic (exact) mass is 492 g/mol. The molecule has 0 saturated carbocycles. The number of hydrogen-bond acceptors (Lipinski definition) is 5. The van der Waals surface area contributed by atoms with Crippen molar-refractivity contribution in [1.82, 2.24) is 9.78 Å². The first-order valence-electron chi connectivity index (χ1n) is 12.3. The molecule has 0 radical (unpaired) electrons. The molecular formula is C29H36N2O5. The van der Waals surface area contributed by atoms with Crippen LogP contribution in [0.2, 0.25) is 0 Å². The van der Waals surface area contributed by atoms with Gasteiger partial charge in [0.25, 0.3) is 0 Å². The molecule has 1 heterocycles. The van der Waals surface area contributed by atoms with Gasteiger partial charge in [-0.2, -0.15) is 5.10 Å². The molecule has 1 aromatic heterocycles. The van der Waals surface area contributed by atoms with E-state index in [1.807, 2.05) is 50.4 Å². The molecule has 3 aromatic rings. The van der Waals surface area contributed by atoms with E-state index in [-0.39, 0.29) is 5.92 Å². The second-order valence-corrected chi connectivity index (χ2v) is 8.96. The summed E-state index contributed by atoms with van der Waals surface area (Å²) in [5.41, 5.74) is 3.92. The number of carboxylic acid groups (broad SMARTS) is 1. The number of aliphatic carboxylic acids is 1. The van der Waals surface area contributed by atoms with Gasteiger partial charge in [-0.3, -0.25) is 4.68 Å². The third-order valence-electron chi connectivity index (χ3n) is 6.52. The van der Waals surface area contributed by atoms with Gasteiger partial charge in [0.1, 0.15) is 11.5 Å². The second-order valence-electron chi connectivity index (χ2n) is 8.96. The fraction of sp³-hybridized carbons (Fsp3) is 0.379. The van der Waals surface area contributed by atoms with E-state index in [0.717, 1.165) is 36.0 Å². The zero-order chi connectivity index (χ0) is 26.1. The maximum absolute atomic E-state index is 11.5. The lowest BCUT2D eigenvalue weighted by molar-refractivity contribution is -0.132. The van der Waals surface area contributed by atoms with Crippen LogP contribution in [0.4, 0.5) is 0 Å². The Hall–Kier alpha value is -3.58. The van der Waals surface area contributed by atoms with E-state index < -0.39 is 12.1 Å². The number of aliphatic hydroxyl groups excluding tert-OH is 1. The Morgan fingerprint density at radius 3 is 2.39 bits per heavy atom. The van der Waals surface area contributed by atoms with Crippen LogP contribution in [0.3, 0.4) is 0 Å². The quantitative estimate of drug-likeness (QED) is 0.308. The summed E-state index contributed by atoms with van der Waals surface area (Å²) in [6.45, 7) is 4.22. The average molecular weight is 493 g/mol. The molecule has 0 aliphatic heterocycles. The minimum absolute atomic E-state index is 0.132. The molecule has 0 bridgehead atoms. The lowest BCUT2D eigenvalue weighted by atomic mass is 9.89. The van der Waals surface area contributed by atoms with Crippen molar-refractivity contribution < 1.29 is 24.5 Å². The Morgan fingerprint density at radius 1 is 1.14 bits per heavy atom. The van der Waals surface area contributed by atoms with Crippen LogP contribution in [0.15, 0.2) is 60.4 Å². The lowest BCUT2D eigenvalue weighted by Crippen LogP contribution is -2.20. The largest absolute Gasteiger partial charge is 0.496 e. The highest BCUT2D eigenvalue weighted by Gasteiger charge is 2.24. The van der Waals surface area contributed by atoms with Crippen LogP contribution >= 0.6 is 0 Å². The Balaban J connectivity index is 1.85. The maximum atomic E-state index is 11.5. The number of methoxy groups -OCH3 is 2. The van der Waals surface area contributed by atoms with Gasteiger partial charge >= 0.3 is 5.97 Å². The molecule has 2 aromatic carbocycles. The molecule has 0 fully saturated rings. The van der Waals surface area contributed by atoms with Crippen LogP contribution in [-0.2, 0) is 17.8 Å². The van der Waals surface area contributed by atoms with E-state index in [2.05, 4.69) is 17.2 Å². The molecule has 2 N–H and O–H groups in total. The van der Waals surface area contributed by atoms with E-state index in [0.29, 0.717) is 30.0 Å². The summed E-state index contributed by atoms with van der Waals surface area (Å²) in [5.74, 6) is 0.270. The van der Waals surface area contributed by atoms with Crippen molar-refractivity contribution in [3.8, 4) is 11.5 Å². The number of benzene rings is 2. The smallest absolute Gasteiger partial charge is 0.331 e. The maximum Gasteiger partial charge on any atom is 0.331 e. The van der Waals surface area contributed by atoms with Crippen LogP contribution in [0.1, 0.15) is 54.5 Å². The third kappa shape index (κ3) is 6.98. The lowest BCUT2D eigenvalue weighted by Gasteiger charge is -2.25. The Bertz CT molecular complexity index is 1140. The number of ether oxygens (including phenoxy) is 2. The number of aryl methyl sites for hydroxylation is 1. The van der Waals surface area contributed by atoms with Gasteiger partial charge in [-0.15, -0.1) is 0 Å². The van der Waals surface area contributed by atoms with Crippen LogP contribution in [-0.4, -0.2) is 40.2 Å². The van der Waals surface area contributed by atoms with Crippen LogP contribution in [0, 0.1) is 12.8 Å². The van der Waals surface area contributed by atoms with Gasteiger partial charge in [-0.25, -0.2) is 4.79 Å². The molecule has 192 valence electrons. The standard InChI is InChI=1S/C29H36N2O5/c1-5-23(29(33)34)14-22-17-30-31(18-22)19-24(13-9-12-21-10-7-6-8-11-21)28(32)25-15-26(35-3)20(2)27(16-25)36-4/h6-8,10-11,14-18,24,28,32H,5,9,12-13,19H2,1-4H3,(H,33,34)/b23-14+/t24-,28?/m1/s1. The van der Waals surface area contributed by atoms with Gasteiger partial charge < -0.3 is 19.7 Å². The van der Waals surface area contributed by atoms with E-state index >= 15 is 0 Å². The Labute approximate surface area is 213 Å². The first-order valence-corrected chi connectivity index (χ1v) is 12.3. The fourth-order valence-electron chi connectivity index (χ4n) is 4.42. The number of aromatic nitrogens is 2. The SMILES string of the molecule is CC/C(=C\c1cnn(C[C@@H](CCCc2ccccc2)C(O)c2cc(OC)c(C)c(OC)c2)c1)C(=O)O. The van der Waals surface area contributed by atoms with E-state index in [9.17, 15) is 15.0 Å². The van der Waals surface area contributed by atoms with Gasteiger partial charge in [0, 0.05) is 35.4 Å². The van der Waals surface area contributed by atoms with Gasteiger partial charge in [0.15, 0.2) is 0 Å². The molecule has 0 amide bonds. The molecule has 0 spiro atoms. The van der Waals surface area contributed by atoms with Crippen molar-refractivity contribution in [3.63, 3.8) is 0 Å². The van der Waals surface area contributed by atoms with Gasteiger partial charge in [0.2, 0.25) is 0 Å². The predicted molar refractivity (Wildman–Crippen MR) is 140 cm³/mol. The van der Waals surface area contributed by atoms with Crippen LogP contribution < -0.4 is 9.47 Å². The first-order chi connectivity index (χ1) is 17.4. The van der Waals surface area contributed by atoms with Crippen LogP contribution in [0.5, 0.6) is 11.5 Å². The summed E-state index contributed by atoms with van der Waals surface area (Å²) in [5, 5.41) is 25.3. The van der Waals surface area contributed by atoms with Crippen LogP contribution in [0.25, 0.3) is 6.08 Å². The Kier molecular flexibility index (Phi) is 9.70. The van der Waals surface area contributed by atoms with E-state index in [4.69, 9.17) is 9.47 Å². The molecule has 7 nitrogen and oxygen atoms in total. The normalized spacial score (nSPS) is 13.3. The minimum atomic E-state index is -0.929. The highest BCUT2D eigenvalue weighted by Crippen LogP contribution is 2.36. The molecule has 0 aliphatic rings. The summed E-state index contributed by atoms with van der Waals surface area (Å²) in [7, 11) is 3.21. The zero-order valence-electron chi connectivity index (χ0n) is 21.5. The van der Waals surface area contributed by atoms with Crippen molar-refractivity contribution in [1.29, 1.82) is 0 Å². The van der Waals surface area contributed by atoms with Crippen molar-refractivity contribution in [2.45, 2.75) is 52.2 Å². The number of carbonyl (C=O) groups is 1. The van der Waals surface area contributed by atoms with Gasteiger partial charge in [-0.1, -0.05) is 37.3 Å². The highest BCUT2D eigenvalue weighted by atomic mass is 16.5. The van der Waals surface area contributed by atoms with Gasteiger partial charge in [-0.05, 0) is 61.9 Å². The van der Waals surface area contributed by atoms with Crippen molar-refractivity contribution in [2.24, 2.45) is 5.92 Å². The molecule has 3 rings (SSSR count). The molecule has 0 aliphatic carbocycles. The summed E-state index contributed by atoms with van der Waals surface area (Å²) >= 11 is 0. The number of carboxylic acids is 1. The van der Waals surface area contributed by atoms with E-state index in [1.54, 1.807) is 31.2 Å². The average Bonchev–Trinajstić information content (AvgIpc) is 3.33.